The molecule has 4 heteroatoms. The third kappa shape index (κ3) is 3.05. The van der Waals surface area contributed by atoms with Crippen molar-refractivity contribution in [1.29, 1.82) is 0 Å². The van der Waals surface area contributed by atoms with Crippen molar-refractivity contribution in [2.45, 2.75) is 45.6 Å². The molecule has 1 aromatic carbocycles. The number of nitrogens with one attached hydrogen (secondary N) is 2. The maximum Gasteiger partial charge on any atom is 0.417 e. The summed E-state index contributed by atoms with van der Waals surface area (Å²) in [5.41, 5.74) is 2.66. The van der Waals surface area contributed by atoms with Crippen molar-refractivity contribution in [3.8, 4) is 0 Å². The molecule has 1 fully saturated rings. The van der Waals surface area contributed by atoms with Crippen LogP contribution in [0.25, 0.3) is 11.1 Å². The topological polar surface area (TPSA) is 58.0 Å². The fraction of sp³-hybridized carbons (Fsp3) is 0.588. The van der Waals surface area contributed by atoms with Gasteiger partial charge in [0.1, 0.15) is 0 Å². The van der Waals surface area contributed by atoms with Crippen molar-refractivity contribution < 1.29 is 4.42 Å². The van der Waals surface area contributed by atoms with Crippen LogP contribution < -0.4 is 11.1 Å². The highest BCUT2D eigenvalue weighted by Crippen LogP contribution is 2.37. The van der Waals surface area contributed by atoms with E-state index in [1.165, 1.54) is 31.2 Å². The SMILES string of the molecule is CCNC(c1ccc2[nH]c(=O)oc2c1)C1CCC(C)CC1. The highest BCUT2D eigenvalue weighted by molar-refractivity contribution is 5.72. The second kappa shape index (κ2) is 6.06. The van der Waals surface area contributed by atoms with Crippen molar-refractivity contribution in [3.63, 3.8) is 0 Å². The smallest absolute Gasteiger partial charge is 0.408 e. The number of benzene rings is 1. The first-order valence-electron chi connectivity index (χ1n) is 8.03. The van der Waals surface area contributed by atoms with Gasteiger partial charge < -0.3 is 9.73 Å². The Morgan fingerprint density at radius 2 is 2.10 bits per heavy atom. The summed E-state index contributed by atoms with van der Waals surface area (Å²) < 4.78 is 5.20. The van der Waals surface area contributed by atoms with Crippen LogP contribution >= 0.6 is 0 Å². The predicted octanol–water partition coefficient (Wildman–Crippen LogP) is 3.60. The molecule has 1 atom stereocenters. The van der Waals surface area contributed by atoms with Gasteiger partial charge in [0.25, 0.3) is 0 Å². The summed E-state index contributed by atoms with van der Waals surface area (Å²) in [6.07, 6.45) is 5.17. The standard InChI is InChI=1S/C17H24N2O2/c1-3-18-16(12-6-4-11(2)5-7-12)13-8-9-14-15(10-13)21-17(20)19-14/h8-12,16,18H,3-7H2,1-2H3,(H,19,20). The number of oxazole rings is 1. The molecule has 1 unspecified atom stereocenters. The number of rotatable bonds is 4. The Morgan fingerprint density at radius 1 is 1.33 bits per heavy atom. The molecule has 0 saturated heterocycles. The molecule has 1 heterocycles. The van der Waals surface area contributed by atoms with Crippen molar-refractivity contribution >= 4 is 11.1 Å². The van der Waals surface area contributed by atoms with Crippen LogP contribution in [0.15, 0.2) is 27.4 Å². The minimum absolute atomic E-state index is 0.354. The van der Waals surface area contributed by atoms with Crippen molar-refractivity contribution in [1.82, 2.24) is 10.3 Å². The quantitative estimate of drug-likeness (QED) is 0.903. The number of fused-ring (bicyclic) bond motifs is 1. The van der Waals surface area contributed by atoms with Crippen molar-refractivity contribution in [3.05, 3.63) is 34.3 Å². The molecule has 4 nitrogen and oxygen atoms in total. The minimum Gasteiger partial charge on any atom is -0.408 e. The molecule has 0 radical (unpaired) electrons. The summed E-state index contributed by atoms with van der Waals surface area (Å²) in [6.45, 7) is 5.44. The number of hydrogen-bond acceptors (Lipinski definition) is 3. The molecule has 0 spiro atoms. The Balaban J connectivity index is 1.88. The second-order valence-electron chi connectivity index (χ2n) is 6.33. The minimum atomic E-state index is -0.381. The Morgan fingerprint density at radius 3 is 2.81 bits per heavy atom. The van der Waals surface area contributed by atoms with E-state index < -0.39 is 0 Å². The maximum atomic E-state index is 11.3. The summed E-state index contributed by atoms with van der Waals surface area (Å²) >= 11 is 0. The van der Waals surface area contributed by atoms with E-state index >= 15 is 0 Å². The van der Waals surface area contributed by atoms with Crippen LogP contribution in [0.5, 0.6) is 0 Å². The largest absolute Gasteiger partial charge is 0.417 e. The van der Waals surface area contributed by atoms with E-state index in [1.807, 2.05) is 12.1 Å². The number of hydrogen-bond donors (Lipinski definition) is 2. The van der Waals surface area contributed by atoms with E-state index in [2.05, 4.69) is 30.2 Å². The lowest BCUT2D eigenvalue weighted by Gasteiger charge is -2.33. The third-order valence-electron chi connectivity index (χ3n) is 4.76. The number of aromatic amines is 1. The normalized spacial score (nSPS) is 24.3. The van der Waals surface area contributed by atoms with Gasteiger partial charge in [-0.25, -0.2) is 4.79 Å². The zero-order chi connectivity index (χ0) is 14.8. The van der Waals surface area contributed by atoms with Gasteiger partial charge in [0.05, 0.1) is 5.52 Å². The van der Waals surface area contributed by atoms with Crippen LogP contribution in [0.3, 0.4) is 0 Å². The van der Waals surface area contributed by atoms with E-state index in [9.17, 15) is 4.79 Å². The van der Waals surface area contributed by atoms with Gasteiger partial charge in [-0.2, -0.15) is 0 Å². The molecule has 21 heavy (non-hydrogen) atoms. The van der Waals surface area contributed by atoms with E-state index in [0.29, 0.717) is 17.5 Å². The van der Waals surface area contributed by atoms with Crippen LogP contribution in [-0.2, 0) is 0 Å². The number of H-pyrrole nitrogens is 1. The van der Waals surface area contributed by atoms with Crippen molar-refractivity contribution in [2.75, 3.05) is 6.54 Å². The first-order chi connectivity index (χ1) is 10.2. The van der Waals surface area contributed by atoms with Crippen LogP contribution in [0.2, 0.25) is 0 Å². The summed E-state index contributed by atoms with van der Waals surface area (Å²) in [6, 6.07) is 6.43. The Labute approximate surface area is 124 Å². The second-order valence-corrected chi connectivity index (χ2v) is 6.33. The predicted molar refractivity (Wildman–Crippen MR) is 84.4 cm³/mol. The molecule has 0 amide bonds. The lowest BCUT2D eigenvalue weighted by Crippen LogP contribution is -2.30. The Bertz CT molecular complexity index is 650. The molecule has 2 N–H and O–H groups in total. The fourth-order valence-electron chi connectivity index (χ4n) is 3.55. The van der Waals surface area contributed by atoms with E-state index in [4.69, 9.17) is 4.42 Å². The zero-order valence-corrected chi connectivity index (χ0v) is 12.8. The first-order valence-corrected chi connectivity index (χ1v) is 8.03. The first kappa shape index (κ1) is 14.4. The summed E-state index contributed by atoms with van der Waals surface area (Å²) in [4.78, 5) is 14.0. The van der Waals surface area contributed by atoms with Gasteiger partial charge in [-0.15, -0.1) is 0 Å². The fourth-order valence-corrected chi connectivity index (χ4v) is 3.55. The maximum absolute atomic E-state index is 11.3. The molecule has 1 aromatic heterocycles. The van der Waals surface area contributed by atoms with Gasteiger partial charge in [0.15, 0.2) is 5.58 Å². The van der Waals surface area contributed by atoms with Crippen molar-refractivity contribution in [2.24, 2.45) is 11.8 Å². The summed E-state index contributed by atoms with van der Waals surface area (Å²) in [5.74, 6) is 1.15. The molecule has 114 valence electrons. The highest BCUT2D eigenvalue weighted by atomic mass is 16.4. The highest BCUT2D eigenvalue weighted by Gasteiger charge is 2.27. The van der Waals surface area contributed by atoms with Gasteiger partial charge >= 0.3 is 5.76 Å². The van der Waals surface area contributed by atoms with Gasteiger partial charge in [0, 0.05) is 6.04 Å². The molecule has 3 rings (SSSR count). The summed E-state index contributed by atoms with van der Waals surface area (Å²) in [7, 11) is 0. The third-order valence-corrected chi connectivity index (χ3v) is 4.76. The average Bonchev–Trinajstić information content (AvgIpc) is 2.85. The molecular weight excluding hydrogens is 264 g/mol. The van der Waals surface area contributed by atoms with Gasteiger partial charge in [-0.1, -0.05) is 32.8 Å². The molecule has 1 saturated carbocycles. The van der Waals surface area contributed by atoms with Gasteiger partial charge in [-0.3, -0.25) is 4.98 Å². The van der Waals surface area contributed by atoms with E-state index in [0.717, 1.165) is 18.0 Å². The molecule has 0 bridgehead atoms. The average molecular weight is 288 g/mol. The molecule has 0 aliphatic heterocycles. The van der Waals surface area contributed by atoms with Crippen LogP contribution in [0, 0.1) is 11.8 Å². The summed E-state index contributed by atoms with van der Waals surface area (Å²) in [5, 5.41) is 3.62. The lowest BCUT2D eigenvalue weighted by molar-refractivity contribution is 0.233. The van der Waals surface area contributed by atoms with Crippen LogP contribution in [-0.4, -0.2) is 11.5 Å². The number of aromatic nitrogens is 1. The molecule has 1 aliphatic rings. The van der Waals surface area contributed by atoms with Crippen LogP contribution in [0.4, 0.5) is 0 Å². The monoisotopic (exact) mass is 288 g/mol. The van der Waals surface area contributed by atoms with Gasteiger partial charge in [0.2, 0.25) is 0 Å². The van der Waals surface area contributed by atoms with Crippen LogP contribution in [0.1, 0.15) is 51.1 Å². The zero-order valence-electron chi connectivity index (χ0n) is 12.8. The molecule has 1 aliphatic carbocycles. The Kier molecular flexibility index (Phi) is 4.15. The van der Waals surface area contributed by atoms with E-state index in [-0.39, 0.29) is 5.76 Å². The lowest BCUT2D eigenvalue weighted by atomic mass is 9.77. The van der Waals surface area contributed by atoms with E-state index in [1.54, 1.807) is 0 Å². The molecular formula is C17H24N2O2. The Hall–Kier alpha value is -1.55. The molecule has 2 aromatic rings. The van der Waals surface area contributed by atoms with Gasteiger partial charge in [-0.05, 0) is 48.9 Å².